The number of aromatic hydroxyl groups is 1. The Kier molecular flexibility index (Phi) is 5.48. The van der Waals surface area contributed by atoms with Crippen LogP contribution in [0.3, 0.4) is 0 Å². The predicted octanol–water partition coefficient (Wildman–Crippen LogP) is -0.431. The van der Waals surface area contributed by atoms with Crippen molar-refractivity contribution in [3.8, 4) is 5.75 Å². The molecule has 7 heteroatoms. The summed E-state index contributed by atoms with van der Waals surface area (Å²) in [6.45, 7) is 0. The van der Waals surface area contributed by atoms with E-state index in [-0.39, 0.29) is 5.75 Å². The fourth-order valence-electron chi connectivity index (χ4n) is 1.76. The lowest BCUT2D eigenvalue weighted by atomic mass is 10.0. The molecule has 0 heterocycles. The van der Waals surface area contributed by atoms with Crippen LogP contribution in [-0.2, 0) is 14.3 Å². The summed E-state index contributed by atoms with van der Waals surface area (Å²) in [6.07, 6.45) is -1.22. The van der Waals surface area contributed by atoms with E-state index in [0.29, 0.717) is 5.56 Å². The molecule has 1 rings (SSSR count). The number of benzene rings is 1. The molecule has 0 bridgehead atoms. The van der Waals surface area contributed by atoms with Gasteiger partial charge in [-0.1, -0.05) is 12.1 Å². The predicted molar refractivity (Wildman–Crippen MR) is 72.7 cm³/mol. The fourth-order valence-corrected chi connectivity index (χ4v) is 1.76. The van der Waals surface area contributed by atoms with Crippen LogP contribution in [0.2, 0.25) is 0 Å². The molecule has 0 radical (unpaired) electrons. The van der Waals surface area contributed by atoms with Crippen molar-refractivity contribution in [1.29, 1.82) is 0 Å². The number of carbonyl (C=O) groups is 2. The van der Waals surface area contributed by atoms with Crippen molar-refractivity contribution >= 4 is 11.9 Å². The summed E-state index contributed by atoms with van der Waals surface area (Å²) in [6, 6.07) is 5.59. The molecule has 110 valence electrons. The number of ether oxygens (including phenoxy) is 1. The lowest BCUT2D eigenvalue weighted by molar-refractivity contribution is -0.145. The minimum Gasteiger partial charge on any atom is -0.508 e. The zero-order valence-corrected chi connectivity index (χ0v) is 11.7. The van der Waals surface area contributed by atoms with Crippen LogP contribution in [0.25, 0.3) is 0 Å². The molecule has 4 N–H and O–H groups in total. The number of phenolic OH excluding ortho intramolecular Hbond substituents is 1. The third-order valence-electron chi connectivity index (χ3n) is 2.73. The molecule has 1 amide bonds. The SMILES string of the molecule is COC(=O)[C@H](N)NC(=O)[C@H](c1ccc(O)cc1)N(C)C. The number of esters is 1. The van der Waals surface area contributed by atoms with Crippen LogP contribution in [0.1, 0.15) is 11.6 Å². The summed E-state index contributed by atoms with van der Waals surface area (Å²) in [5.41, 5.74) is 6.17. The summed E-state index contributed by atoms with van der Waals surface area (Å²) >= 11 is 0. The highest BCUT2D eigenvalue weighted by molar-refractivity contribution is 5.88. The molecule has 7 nitrogen and oxygen atoms in total. The number of likely N-dealkylation sites (N-methyl/N-ethyl adjacent to an activating group) is 1. The van der Waals surface area contributed by atoms with Crippen LogP contribution < -0.4 is 11.1 Å². The van der Waals surface area contributed by atoms with Gasteiger partial charge in [-0.25, -0.2) is 4.79 Å². The molecule has 2 atom stereocenters. The standard InChI is InChI=1S/C13H19N3O4/c1-16(2)10(8-4-6-9(17)7-5-8)12(18)15-11(14)13(19)20-3/h4-7,10-11,17H,14H2,1-3H3,(H,15,18)/t10-,11+/m0/s1. The monoisotopic (exact) mass is 281 g/mol. The molecule has 0 aliphatic heterocycles. The molecule has 1 aromatic rings. The Hall–Kier alpha value is -2.12. The number of carbonyl (C=O) groups excluding carboxylic acids is 2. The minimum absolute atomic E-state index is 0.109. The number of hydrogen-bond acceptors (Lipinski definition) is 6. The van der Waals surface area contributed by atoms with Gasteiger partial charge in [0.15, 0.2) is 6.17 Å². The van der Waals surface area contributed by atoms with Gasteiger partial charge in [0.05, 0.1) is 7.11 Å². The van der Waals surface area contributed by atoms with E-state index in [9.17, 15) is 14.7 Å². The minimum atomic E-state index is -1.22. The largest absolute Gasteiger partial charge is 0.508 e. The molecular weight excluding hydrogens is 262 g/mol. The van der Waals surface area contributed by atoms with Gasteiger partial charge < -0.3 is 20.9 Å². The Morgan fingerprint density at radius 2 is 1.85 bits per heavy atom. The second-order valence-corrected chi connectivity index (χ2v) is 4.47. The number of rotatable bonds is 5. The molecule has 0 unspecified atom stereocenters. The fraction of sp³-hybridized carbons (Fsp3) is 0.385. The van der Waals surface area contributed by atoms with E-state index in [2.05, 4.69) is 10.1 Å². The van der Waals surface area contributed by atoms with Gasteiger partial charge in [-0.05, 0) is 31.8 Å². The van der Waals surface area contributed by atoms with Crippen LogP contribution in [-0.4, -0.2) is 49.3 Å². The van der Waals surface area contributed by atoms with E-state index >= 15 is 0 Å². The molecule has 0 fully saturated rings. The van der Waals surface area contributed by atoms with Crippen molar-refractivity contribution in [2.45, 2.75) is 12.2 Å². The molecule has 20 heavy (non-hydrogen) atoms. The molecule has 0 aliphatic carbocycles. The maximum absolute atomic E-state index is 12.2. The summed E-state index contributed by atoms with van der Waals surface area (Å²) in [5.74, 6) is -1.04. The highest BCUT2D eigenvalue weighted by atomic mass is 16.5. The second-order valence-electron chi connectivity index (χ2n) is 4.47. The van der Waals surface area contributed by atoms with Crippen molar-refractivity contribution in [3.05, 3.63) is 29.8 Å². The second kappa shape index (κ2) is 6.88. The van der Waals surface area contributed by atoms with Gasteiger partial charge in [0, 0.05) is 0 Å². The Labute approximate surface area is 117 Å². The van der Waals surface area contributed by atoms with Crippen LogP contribution in [0.4, 0.5) is 0 Å². The summed E-state index contributed by atoms with van der Waals surface area (Å²) < 4.78 is 4.45. The number of phenols is 1. The molecule has 0 aromatic heterocycles. The first-order chi connectivity index (χ1) is 9.36. The van der Waals surface area contributed by atoms with Crippen molar-refractivity contribution < 1.29 is 19.4 Å². The van der Waals surface area contributed by atoms with E-state index in [1.54, 1.807) is 31.1 Å². The number of hydrogen-bond donors (Lipinski definition) is 3. The van der Waals surface area contributed by atoms with Gasteiger partial charge in [-0.15, -0.1) is 0 Å². The first-order valence-corrected chi connectivity index (χ1v) is 5.96. The average molecular weight is 281 g/mol. The number of nitrogens with two attached hydrogens (primary N) is 1. The average Bonchev–Trinajstić information content (AvgIpc) is 2.39. The van der Waals surface area contributed by atoms with Gasteiger partial charge >= 0.3 is 5.97 Å². The number of nitrogens with one attached hydrogen (secondary N) is 1. The van der Waals surface area contributed by atoms with Crippen LogP contribution in [0.15, 0.2) is 24.3 Å². The van der Waals surface area contributed by atoms with Crippen molar-refractivity contribution in [2.75, 3.05) is 21.2 Å². The molecule has 0 saturated carbocycles. The smallest absolute Gasteiger partial charge is 0.343 e. The summed E-state index contributed by atoms with van der Waals surface area (Å²) in [4.78, 5) is 25.1. The third kappa shape index (κ3) is 3.94. The van der Waals surface area contributed by atoms with Crippen molar-refractivity contribution in [3.63, 3.8) is 0 Å². The lowest BCUT2D eigenvalue weighted by Crippen LogP contribution is -2.51. The van der Waals surface area contributed by atoms with E-state index in [0.717, 1.165) is 0 Å². The zero-order chi connectivity index (χ0) is 15.3. The summed E-state index contributed by atoms with van der Waals surface area (Å²) in [5, 5.41) is 11.7. The number of methoxy groups -OCH3 is 1. The van der Waals surface area contributed by atoms with Crippen molar-refractivity contribution in [1.82, 2.24) is 10.2 Å². The maximum atomic E-state index is 12.2. The molecule has 0 spiro atoms. The van der Waals surface area contributed by atoms with Crippen LogP contribution in [0, 0.1) is 0 Å². The maximum Gasteiger partial charge on any atom is 0.343 e. The molecule has 1 aromatic carbocycles. The normalized spacial score (nSPS) is 13.7. The Morgan fingerprint density at radius 1 is 1.30 bits per heavy atom. The van der Waals surface area contributed by atoms with E-state index in [1.807, 2.05) is 0 Å². The van der Waals surface area contributed by atoms with Gasteiger partial charge in [0.1, 0.15) is 11.8 Å². The van der Waals surface area contributed by atoms with Crippen LogP contribution >= 0.6 is 0 Å². The first-order valence-electron chi connectivity index (χ1n) is 5.96. The highest BCUT2D eigenvalue weighted by Crippen LogP contribution is 2.21. The zero-order valence-electron chi connectivity index (χ0n) is 11.7. The number of amides is 1. The first kappa shape index (κ1) is 15.9. The topological polar surface area (TPSA) is 105 Å². The van der Waals surface area contributed by atoms with Gasteiger partial charge in [0.2, 0.25) is 5.91 Å². The third-order valence-corrected chi connectivity index (χ3v) is 2.73. The van der Waals surface area contributed by atoms with Gasteiger partial charge in [0.25, 0.3) is 0 Å². The van der Waals surface area contributed by atoms with Crippen molar-refractivity contribution in [2.24, 2.45) is 5.73 Å². The molecule has 0 saturated heterocycles. The molecule has 0 aliphatic rings. The van der Waals surface area contributed by atoms with E-state index in [1.165, 1.54) is 19.2 Å². The summed E-state index contributed by atoms with van der Waals surface area (Å²) in [7, 11) is 4.64. The Balaban J connectivity index is 2.88. The Morgan fingerprint density at radius 3 is 2.30 bits per heavy atom. The van der Waals surface area contributed by atoms with E-state index < -0.39 is 24.1 Å². The Bertz CT molecular complexity index is 473. The lowest BCUT2D eigenvalue weighted by Gasteiger charge is -2.25. The van der Waals surface area contributed by atoms with Gasteiger partial charge in [-0.3, -0.25) is 9.69 Å². The quantitative estimate of drug-likeness (QED) is 0.499. The van der Waals surface area contributed by atoms with Crippen LogP contribution in [0.5, 0.6) is 5.75 Å². The molecular formula is C13H19N3O4. The number of nitrogens with zero attached hydrogens (tertiary/aromatic N) is 1. The van der Waals surface area contributed by atoms with Gasteiger partial charge in [-0.2, -0.15) is 0 Å². The van der Waals surface area contributed by atoms with E-state index in [4.69, 9.17) is 5.73 Å². The highest BCUT2D eigenvalue weighted by Gasteiger charge is 2.26.